The van der Waals surface area contributed by atoms with Crippen molar-refractivity contribution >= 4 is 5.96 Å². The molecule has 2 N–H and O–H groups in total. The number of ether oxygens (including phenoxy) is 1. The van der Waals surface area contributed by atoms with Crippen LogP contribution in [0.3, 0.4) is 0 Å². The van der Waals surface area contributed by atoms with Crippen molar-refractivity contribution in [2.75, 3.05) is 26.7 Å². The zero-order chi connectivity index (χ0) is 12.8. The second kappa shape index (κ2) is 6.98. The molecule has 2 atom stereocenters. The van der Waals surface area contributed by atoms with Gasteiger partial charge in [-0.15, -0.1) is 0 Å². The van der Waals surface area contributed by atoms with E-state index in [1.165, 1.54) is 44.9 Å². The normalized spacial score (nSPS) is 30.5. The summed E-state index contributed by atoms with van der Waals surface area (Å²) in [7, 11) is 1.81. The second-order valence-electron chi connectivity index (χ2n) is 5.57. The second-order valence-corrected chi connectivity index (χ2v) is 5.57. The molecule has 4 heteroatoms. The van der Waals surface area contributed by atoms with E-state index in [0.29, 0.717) is 12.0 Å². The van der Waals surface area contributed by atoms with Crippen LogP contribution in [0.1, 0.15) is 44.9 Å². The molecule has 1 aliphatic carbocycles. The first-order valence-corrected chi connectivity index (χ1v) is 7.39. The molecule has 0 spiro atoms. The van der Waals surface area contributed by atoms with E-state index in [1.54, 1.807) is 0 Å². The van der Waals surface area contributed by atoms with Gasteiger partial charge in [-0.25, -0.2) is 0 Å². The van der Waals surface area contributed by atoms with E-state index in [-0.39, 0.29) is 0 Å². The van der Waals surface area contributed by atoms with Crippen LogP contribution >= 0.6 is 0 Å². The molecule has 0 aromatic rings. The van der Waals surface area contributed by atoms with Gasteiger partial charge in [0.2, 0.25) is 0 Å². The summed E-state index contributed by atoms with van der Waals surface area (Å²) in [4.78, 5) is 6.86. The molecule has 1 saturated carbocycles. The number of hydrogen-bond acceptors (Lipinski definition) is 2. The third-order valence-electron chi connectivity index (χ3n) is 4.31. The maximum atomic E-state index is 6.12. The van der Waals surface area contributed by atoms with E-state index in [1.807, 2.05) is 7.11 Å². The van der Waals surface area contributed by atoms with Crippen LogP contribution in [0, 0.1) is 5.92 Å². The largest absolute Gasteiger partial charge is 0.381 e. The fourth-order valence-corrected chi connectivity index (χ4v) is 3.13. The molecule has 0 aromatic carbocycles. The Labute approximate surface area is 111 Å². The Morgan fingerprint density at radius 2 is 1.89 bits per heavy atom. The van der Waals surface area contributed by atoms with Gasteiger partial charge in [0.25, 0.3) is 0 Å². The van der Waals surface area contributed by atoms with Crippen molar-refractivity contribution in [3.63, 3.8) is 0 Å². The van der Waals surface area contributed by atoms with Crippen molar-refractivity contribution in [3.05, 3.63) is 0 Å². The smallest absolute Gasteiger partial charge is 0.191 e. The summed E-state index contributed by atoms with van der Waals surface area (Å²) in [5, 5.41) is 0. The van der Waals surface area contributed by atoms with E-state index in [0.717, 1.165) is 25.6 Å². The Morgan fingerprint density at radius 1 is 1.17 bits per heavy atom. The third kappa shape index (κ3) is 3.61. The van der Waals surface area contributed by atoms with Crippen molar-refractivity contribution in [2.24, 2.45) is 16.6 Å². The van der Waals surface area contributed by atoms with Crippen LogP contribution in [-0.2, 0) is 4.74 Å². The van der Waals surface area contributed by atoms with Gasteiger partial charge in [0.15, 0.2) is 5.96 Å². The van der Waals surface area contributed by atoms with E-state index >= 15 is 0 Å². The SMILES string of the molecule is COC1CCCC1CN=C(N)N1CCCCCC1. The molecule has 2 rings (SSSR count). The van der Waals surface area contributed by atoms with E-state index in [2.05, 4.69) is 9.89 Å². The van der Waals surface area contributed by atoms with Crippen molar-refractivity contribution in [2.45, 2.75) is 51.0 Å². The van der Waals surface area contributed by atoms with Crippen LogP contribution < -0.4 is 5.73 Å². The lowest BCUT2D eigenvalue weighted by molar-refractivity contribution is 0.0742. The van der Waals surface area contributed by atoms with Gasteiger partial charge in [-0.3, -0.25) is 4.99 Å². The Kier molecular flexibility index (Phi) is 5.29. The summed E-state index contributed by atoms with van der Waals surface area (Å²) >= 11 is 0. The maximum Gasteiger partial charge on any atom is 0.191 e. The molecule has 104 valence electrons. The number of guanidine groups is 1. The molecule has 0 aromatic heterocycles. The lowest BCUT2D eigenvalue weighted by Gasteiger charge is -2.22. The summed E-state index contributed by atoms with van der Waals surface area (Å²) in [6, 6.07) is 0. The minimum Gasteiger partial charge on any atom is -0.381 e. The monoisotopic (exact) mass is 253 g/mol. The molecule has 4 nitrogen and oxygen atoms in total. The molecule has 18 heavy (non-hydrogen) atoms. The first kappa shape index (κ1) is 13.7. The summed E-state index contributed by atoms with van der Waals surface area (Å²) < 4.78 is 5.50. The molecule has 2 fully saturated rings. The number of rotatable bonds is 3. The Bertz CT molecular complexity index is 272. The van der Waals surface area contributed by atoms with E-state index in [4.69, 9.17) is 10.5 Å². The zero-order valence-electron chi connectivity index (χ0n) is 11.6. The van der Waals surface area contributed by atoms with Gasteiger partial charge in [0, 0.05) is 32.7 Å². The molecule has 2 aliphatic rings. The van der Waals surface area contributed by atoms with Gasteiger partial charge >= 0.3 is 0 Å². The lowest BCUT2D eigenvalue weighted by atomic mass is 10.1. The van der Waals surface area contributed by atoms with Crippen molar-refractivity contribution < 1.29 is 4.74 Å². The van der Waals surface area contributed by atoms with Gasteiger partial charge in [-0.1, -0.05) is 19.3 Å². The minimum absolute atomic E-state index is 0.394. The van der Waals surface area contributed by atoms with Crippen molar-refractivity contribution in [1.82, 2.24) is 4.90 Å². The fourth-order valence-electron chi connectivity index (χ4n) is 3.13. The Morgan fingerprint density at radius 3 is 2.56 bits per heavy atom. The molecule has 1 heterocycles. The molecule has 1 saturated heterocycles. The summed E-state index contributed by atoms with van der Waals surface area (Å²) in [5.74, 6) is 1.32. The van der Waals surface area contributed by atoms with E-state index in [9.17, 15) is 0 Å². The average molecular weight is 253 g/mol. The molecule has 2 unspecified atom stereocenters. The number of methoxy groups -OCH3 is 1. The van der Waals surface area contributed by atoms with Crippen LogP contribution in [0.25, 0.3) is 0 Å². The molecule has 0 amide bonds. The van der Waals surface area contributed by atoms with Crippen LogP contribution in [0.2, 0.25) is 0 Å². The van der Waals surface area contributed by atoms with Gasteiger partial charge in [-0.05, 0) is 25.7 Å². The summed E-state index contributed by atoms with van der Waals surface area (Å²) in [5.41, 5.74) is 6.12. The number of nitrogens with zero attached hydrogens (tertiary/aromatic N) is 2. The first-order valence-electron chi connectivity index (χ1n) is 7.39. The van der Waals surface area contributed by atoms with Gasteiger partial charge in [0.1, 0.15) is 0 Å². The zero-order valence-corrected chi connectivity index (χ0v) is 11.6. The highest BCUT2D eigenvalue weighted by Crippen LogP contribution is 2.28. The Balaban J connectivity index is 1.83. The van der Waals surface area contributed by atoms with Crippen LogP contribution in [0.15, 0.2) is 4.99 Å². The van der Waals surface area contributed by atoms with Crippen LogP contribution in [0.4, 0.5) is 0 Å². The number of nitrogens with two attached hydrogens (primary N) is 1. The van der Waals surface area contributed by atoms with Crippen LogP contribution in [-0.4, -0.2) is 43.7 Å². The molecule has 0 bridgehead atoms. The molecule has 1 aliphatic heterocycles. The summed E-state index contributed by atoms with van der Waals surface area (Å²) in [6.07, 6.45) is 9.24. The lowest BCUT2D eigenvalue weighted by Crippen LogP contribution is -2.38. The van der Waals surface area contributed by atoms with E-state index < -0.39 is 0 Å². The maximum absolute atomic E-state index is 6.12. The average Bonchev–Trinajstić information content (AvgIpc) is 2.67. The minimum atomic E-state index is 0.394. The van der Waals surface area contributed by atoms with Crippen molar-refractivity contribution in [3.8, 4) is 0 Å². The third-order valence-corrected chi connectivity index (χ3v) is 4.31. The van der Waals surface area contributed by atoms with Gasteiger partial charge in [-0.2, -0.15) is 0 Å². The van der Waals surface area contributed by atoms with Crippen LogP contribution in [0.5, 0.6) is 0 Å². The number of likely N-dealkylation sites (tertiary alicyclic amines) is 1. The highest BCUT2D eigenvalue weighted by molar-refractivity contribution is 5.78. The quantitative estimate of drug-likeness (QED) is 0.618. The number of aliphatic imine (C=N–C) groups is 1. The van der Waals surface area contributed by atoms with Crippen molar-refractivity contribution in [1.29, 1.82) is 0 Å². The Hall–Kier alpha value is -0.770. The number of hydrogen-bond donors (Lipinski definition) is 1. The molecular formula is C14H27N3O. The fraction of sp³-hybridized carbons (Fsp3) is 0.929. The topological polar surface area (TPSA) is 50.9 Å². The molecular weight excluding hydrogens is 226 g/mol. The predicted molar refractivity (Wildman–Crippen MR) is 74.7 cm³/mol. The first-order chi connectivity index (χ1) is 8.81. The summed E-state index contributed by atoms with van der Waals surface area (Å²) in [6.45, 7) is 2.99. The highest BCUT2D eigenvalue weighted by Gasteiger charge is 2.26. The van der Waals surface area contributed by atoms with Gasteiger partial charge < -0.3 is 15.4 Å². The predicted octanol–water partition coefficient (Wildman–Crippen LogP) is 1.99. The molecule has 0 radical (unpaired) electrons. The standard InChI is InChI=1S/C14H27N3O/c1-18-13-8-6-7-12(13)11-16-14(15)17-9-4-2-3-5-10-17/h12-13H,2-11H2,1H3,(H2,15,16). The van der Waals surface area contributed by atoms with Gasteiger partial charge in [0.05, 0.1) is 6.10 Å². The highest BCUT2D eigenvalue weighted by atomic mass is 16.5.